The average Bonchev–Trinajstić information content (AvgIpc) is 2.51. The first-order valence-electron chi connectivity index (χ1n) is 6.88. The van der Waals surface area contributed by atoms with Gasteiger partial charge in [-0.15, -0.1) is 0 Å². The van der Waals surface area contributed by atoms with Gasteiger partial charge in [-0.05, 0) is 61.1 Å². The van der Waals surface area contributed by atoms with E-state index in [-0.39, 0.29) is 5.69 Å². The molecule has 1 aliphatic carbocycles. The van der Waals surface area contributed by atoms with Crippen LogP contribution < -0.4 is 4.74 Å². The second-order valence-corrected chi connectivity index (χ2v) is 5.47. The molecule has 0 aliphatic heterocycles. The molecule has 0 amide bonds. The fraction of sp³-hybridized carbons (Fsp3) is 0.250. The second kappa shape index (κ2) is 5.74. The fourth-order valence-corrected chi connectivity index (χ4v) is 2.92. The quantitative estimate of drug-likeness (QED) is 0.597. The molecule has 3 rings (SSSR count). The van der Waals surface area contributed by atoms with Gasteiger partial charge in [-0.25, -0.2) is 0 Å². The van der Waals surface area contributed by atoms with Crippen LogP contribution in [0.2, 0.25) is 5.02 Å². The van der Waals surface area contributed by atoms with E-state index in [1.165, 1.54) is 17.7 Å². The highest BCUT2D eigenvalue weighted by Crippen LogP contribution is 2.36. The summed E-state index contributed by atoms with van der Waals surface area (Å²) >= 11 is 6.24. The summed E-state index contributed by atoms with van der Waals surface area (Å²) < 4.78 is 5.89. The van der Waals surface area contributed by atoms with Crippen LogP contribution in [-0.4, -0.2) is 4.92 Å². The first-order valence-corrected chi connectivity index (χ1v) is 7.25. The molecule has 0 saturated carbocycles. The second-order valence-electron chi connectivity index (χ2n) is 5.06. The molecule has 0 heterocycles. The van der Waals surface area contributed by atoms with Gasteiger partial charge >= 0.3 is 0 Å². The smallest absolute Gasteiger partial charge is 0.269 e. The van der Waals surface area contributed by atoms with Gasteiger partial charge in [0.1, 0.15) is 11.5 Å². The summed E-state index contributed by atoms with van der Waals surface area (Å²) in [6.45, 7) is 0. The number of nitro benzene ring substituents is 1. The zero-order chi connectivity index (χ0) is 14.8. The maximum Gasteiger partial charge on any atom is 0.269 e. The van der Waals surface area contributed by atoms with Gasteiger partial charge in [0, 0.05) is 17.2 Å². The van der Waals surface area contributed by atoms with Crippen LogP contribution in [-0.2, 0) is 12.8 Å². The van der Waals surface area contributed by atoms with E-state index in [1.54, 1.807) is 12.1 Å². The Labute approximate surface area is 127 Å². The van der Waals surface area contributed by atoms with Gasteiger partial charge in [0.05, 0.1) is 4.92 Å². The summed E-state index contributed by atoms with van der Waals surface area (Å²) in [7, 11) is 0. The van der Waals surface area contributed by atoms with Crippen molar-refractivity contribution in [3.05, 3.63) is 62.7 Å². The third-order valence-electron chi connectivity index (χ3n) is 3.71. The van der Waals surface area contributed by atoms with Crippen molar-refractivity contribution in [2.75, 3.05) is 0 Å². The van der Waals surface area contributed by atoms with Gasteiger partial charge in [0.25, 0.3) is 5.69 Å². The van der Waals surface area contributed by atoms with Crippen molar-refractivity contribution in [1.82, 2.24) is 0 Å². The first-order chi connectivity index (χ1) is 10.1. The summed E-state index contributed by atoms with van der Waals surface area (Å²) in [4.78, 5) is 10.2. The van der Waals surface area contributed by atoms with Crippen molar-refractivity contribution in [2.24, 2.45) is 0 Å². The number of non-ortho nitro benzene ring substituents is 1. The van der Waals surface area contributed by atoms with Crippen molar-refractivity contribution in [2.45, 2.75) is 25.7 Å². The Morgan fingerprint density at radius 1 is 1.00 bits per heavy atom. The number of nitrogens with zero attached hydrogens (tertiary/aromatic N) is 1. The minimum atomic E-state index is -0.423. The minimum absolute atomic E-state index is 0.0560. The lowest BCUT2D eigenvalue weighted by Gasteiger charge is -2.20. The van der Waals surface area contributed by atoms with E-state index >= 15 is 0 Å². The highest BCUT2D eigenvalue weighted by Gasteiger charge is 2.17. The maximum absolute atomic E-state index is 10.6. The standard InChI is InChI=1S/C16H14ClNO3/c17-15-9-10-16(14-4-2-1-3-13(14)15)21-12-7-5-11(6-8-12)18(19)20/h5-10H,1-4H2. The summed E-state index contributed by atoms with van der Waals surface area (Å²) in [5.41, 5.74) is 2.38. The van der Waals surface area contributed by atoms with Crippen LogP contribution in [0.15, 0.2) is 36.4 Å². The van der Waals surface area contributed by atoms with Crippen LogP contribution >= 0.6 is 11.6 Å². The predicted octanol–water partition coefficient (Wildman–Crippen LogP) is 4.92. The molecule has 0 atom stereocenters. The van der Waals surface area contributed by atoms with E-state index in [9.17, 15) is 10.1 Å². The summed E-state index contributed by atoms with van der Waals surface area (Å²) in [5, 5.41) is 11.4. The molecule has 108 valence electrons. The minimum Gasteiger partial charge on any atom is -0.457 e. The van der Waals surface area contributed by atoms with Crippen molar-refractivity contribution in [1.29, 1.82) is 0 Å². The van der Waals surface area contributed by atoms with Gasteiger partial charge in [0.2, 0.25) is 0 Å². The van der Waals surface area contributed by atoms with Crippen LogP contribution in [0.1, 0.15) is 24.0 Å². The van der Waals surface area contributed by atoms with Crippen LogP contribution in [0.25, 0.3) is 0 Å². The van der Waals surface area contributed by atoms with E-state index in [4.69, 9.17) is 16.3 Å². The van der Waals surface area contributed by atoms with Gasteiger partial charge < -0.3 is 4.74 Å². The number of benzene rings is 2. The molecule has 0 saturated heterocycles. The van der Waals surface area contributed by atoms with Crippen LogP contribution in [0.5, 0.6) is 11.5 Å². The zero-order valence-electron chi connectivity index (χ0n) is 11.3. The summed E-state index contributed by atoms with van der Waals surface area (Å²) in [6.07, 6.45) is 4.21. The van der Waals surface area contributed by atoms with Crippen molar-refractivity contribution in [3.63, 3.8) is 0 Å². The van der Waals surface area contributed by atoms with Crippen LogP contribution in [0.3, 0.4) is 0 Å². The molecule has 1 aliphatic rings. The van der Waals surface area contributed by atoms with E-state index in [1.807, 2.05) is 12.1 Å². The van der Waals surface area contributed by atoms with Crippen molar-refractivity contribution >= 4 is 17.3 Å². The number of rotatable bonds is 3. The Morgan fingerprint density at radius 2 is 1.67 bits per heavy atom. The monoisotopic (exact) mass is 303 g/mol. The number of fused-ring (bicyclic) bond motifs is 1. The normalized spacial score (nSPS) is 13.6. The predicted molar refractivity (Wildman–Crippen MR) is 81.3 cm³/mol. The molecule has 4 nitrogen and oxygen atoms in total. The van der Waals surface area contributed by atoms with Crippen molar-refractivity contribution < 1.29 is 9.66 Å². The Balaban J connectivity index is 1.89. The number of ether oxygens (including phenoxy) is 1. The number of halogens is 1. The van der Waals surface area contributed by atoms with Crippen molar-refractivity contribution in [3.8, 4) is 11.5 Å². The van der Waals surface area contributed by atoms with Crippen LogP contribution in [0.4, 0.5) is 5.69 Å². The molecule has 0 radical (unpaired) electrons. The van der Waals surface area contributed by atoms with Gasteiger partial charge in [-0.2, -0.15) is 0 Å². The molecule has 0 aromatic heterocycles. The molecule has 0 unspecified atom stereocenters. The lowest BCUT2D eigenvalue weighted by molar-refractivity contribution is -0.384. The lowest BCUT2D eigenvalue weighted by Crippen LogP contribution is -2.05. The molecule has 0 N–H and O–H groups in total. The molecule has 21 heavy (non-hydrogen) atoms. The molecule has 0 fully saturated rings. The number of hydrogen-bond donors (Lipinski definition) is 0. The maximum atomic E-state index is 10.6. The molecule has 5 heteroatoms. The van der Waals surface area contributed by atoms with E-state index in [0.29, 0.717) is 5.75 Å². The Hall–Kier alpha value is -2.07. The van der Waals surface area contributed by atoms with Gasteiger partial charge in [0.15, 0.2) is 0 Å². The summed E-state index contributed by atoms with van der Waals surface area (Å²) in [5.74, 6) is 1.39. The average molecular weight is 304 g/mol. The first kappa shape index (κ1) is 13.9. The Morgan fingerprint density at radius 3 is 2.33 bits per heavy atom. The van der Waals surface area contributed by atoms with E-state index in [2.05, 4.69) is 0 Å². The molecule has 2 aromatic carbocycles. The highest BCUT2D eigenvalue weighted by molar-refractivity contribution is 6.31. The molecule has 2 aromatic rings. The number of nitro groups is 1. The zero-order valence-corrected chi connectivity index (χ0v) is 12.1. The molecular weight excluding hydrogens is 290 g/mol. The van der Waals surface area contributed by atoms with E-state index in [0.717, 1.165) is 42.0 Å². The molecular formula is C16H14ClNO3. The topological polar surface area (TPSA) is 52.4 Å². The molecule has 0 bridgehead atoms. The lowest BCUT2D eigenvalue weighted by atomic mass is 9.91. The SMILES string of the molecule is O=[N+]([O-])c1ccc(Oc2ccc(Cl)c3c2CCCC3)cc1. The summed E-state index contributed by atoms with van der Waals surface area (Å²) in [6, 6.07) is 9.83. The molecule has 0 spiro atoms. The largest absolute Gasteiger partial charge is 0.457 e. The van der Waals surface area contributed by atoms with Gasteiger partial charge in [-0.1, -0.05) is 11.6 Å². The number of hydrogen-bond acceptors (Lipinski definition) is 3. The third kappa shape index (κ3) is 2.85. The third-order valence-corrected chi connectivity index (χ3v) is 4.06. The highest BCUT2D eigenvalue weighted by atomic mass is 35.5. The Bertz CT molecular complexity index is 683. The van der Waals surface area contributed by atoms with Gasteiger partial charge in [-0.3, -0.25) is 10.1 Å². The Kier molecular flexibility index (Phi) is 3.80. The fourth-order valence-electron chi connectivity index (χ4n) is 2.65. The van der Waals surface area contributed by atoms with Crippen LogP contribution in [0, 0.1) is 10.1 Å². The van der Waals surface area contributed by atoms with E-state index < -0.39 is 4.92 Å².